The lowest BCUT2D eigenvalue weighted by atomic mass is 10.1. The quantitative estimate of drug-likeness (QED) is 0.540. The Kier molecular flexibility index (Phi) is 6.60. The molecular weight excluding hydrogens is 446 g/mol. The fourth-order valence-electron chi connectivity index (χ4n) is 3.48. The lowest BCUT2D eigenvalue weighted by molar-refractivity contribution is -0.0242. The molecule has 1 amide bonds. The van der Waals surface area contributed by atoms with Crippen LogP contribution in [0.1, 0.15) is 22.8 Å². The van der Waals surface area contributed by atoms with E-state index in [1.54, 1.807) is 24.4 Å². The number of nitrogens with one attached hydrogen (secondary N) is 1. The van der Waals surface area contributed by atoms with Crippen molar-refractivity contribution in [2.75, 3.05) is 30.0 Å². The van der Waals surface area contributed by atoms with Gasteiger partial charge in [0.1, 0.15) is 12.4 Å². The molecule has 3 aromatic rings. The number of rotatable bonds is 7. The summed E-state index contributed by atoms with van der Waals surface area (Å²) in [6, 6.07) is 11.5. The lowest BCUT2D eigenvalue weighted by Crippen LogP contribution is -2.43. The van der Waals surface area contributed by atoms with Crippen LogP contribution >= 0.6 is 0 Å². The molecule has 3 heterocycles. The molecule has 0 bridgehead atoms. The normalized spacial score (nSPS) is 15.3. The van der Waals surface area contributed by atoms with Crippen molar-refractivity contribution in [2.24, 2.45) is 0 Å². The summed E-state index contributed by atoms with van der Waals surface area (Å²) in [5.74, 6) is -2.39. The Hall–Kier alpha value is -3.79. The van der Waals surface area contributed by atoms with Gasteiger partial charge in [0.25, 0.3) is 11.8 Å². The van der Waals surface area contributed by atoms with Gasteiger partial charge in [-0.3, -0.25) is 4.79 Å². The lowest BCUT2D eigenvalue weighted by Gasteiger charge is -2.37. The van der Waals surface area contributed by atoms with Crippen LogP contribution in [0.3, 0.4) is 0 Å². The van der Waals surface area contributed by atoms with E-state index in [9.17, 15) is 18.7 Å². The molecular formula is C24H24F2N4O4. The second kappa shape index (κ2) is 9.60. The SMILES string of the molecule is Cc1ccc(N2c3cccc(C(=O)Nc4ccc(OCC(C)(F)F)nc4)c3OC[C@@H]2CO)nc1. The number of aryl methyl sites for hydroxylation is 1. The number of fused-ring (bicyclic) bond motifs is 1. The van der Waals surface area contributed by atoms with Crippen LogP contribution < -0.4 is 19.7 Å². The second-order valence-electron chi connectivity index (χ2n) is 8.06. The highest BCUT2D eigenvalue weighted by Crippen LogP contribution is 2.40. The van der Waals surface area contributed by atoms with E-state index in [0.29, 0.717) is 22.9 Å². The van der Waals surface area contributed by atoms with Gasteiger partial charge in [-0.05, 0) is 36.8 Å². The molecule has 0 saturated carbocycles. The average Bonchev–Trinajstić information content (AvgIpc) is 2.82. The molecule has 2 N–H and O–H groups in total. The topological polar surface area (TPSA) is 96.8 Å². The summed E-state index contributed by atoms with van der Waals surface area (Å²) in [6.45, 7) is 1.90. The van der Waals surface area contributed by atoms with Crippen LogP contribution in [-0.4, -0.2) is 52.8 Å². The number of ether oxygens (including phenoxy) is 2. The molecule has 0 fully saturated rings. The van der Waals surface area contributed by atoms with Crippen LogP contribution in [0.25, 0.3) is 0 Å². The number of amides is 1. The van der Waals surface area contributed by atoms with Gasteiger partial charge in [-0.15, -0.1) is 0 Å². The maximum Gasteiger partial charge on any atom is 0.278 e. The van der Waals surface area contributed by atoms with E-state index in [4.69, 9.17) is 9.47 Å². The fraction of sp³-hybridized carbons (Fsp3) is 0.292. The van der Waals surface area contributed by atoms with E-state index >= 15 is 0 Å². The van der Waals surface area contributed by atoms with Gasteiger partial charge in [-0.25, -0.2) is 18.7 Å². The minimum absolute atomic E-state index is 0.0243. The molecule has 178 valence electrons. The fourth-order valence-corrected chi connectivity index (χ4v) is 3.48. The number of aliphatic hydroxyl groups excluding tert-OH is 1. The molecule has 0 spiro atoms. The summed E-state index contributed by atoms with van der Waals surface area (Å²) in [5.41, 5.74) is 2.26. The third-order valence-electron chi connectivity index (χ3n) is 5.10. The van der Waals surface area contributed by atoms with Crippen LogP contribution in [0.2, 0.25) is 0 Å². The summed E-state index contributed by atoms with van der Waals surface area (Å²) in [4.78, 5) is 23.3. The minimum Gasteiger partial charge on any atom is -0.488 e. The Morgan fingerprint density at radius 1 is 1.24 bits per heavy atom. The summed E-state index contributed by atoms with van der Waals surface area (Å²) in [5, 5.41) is 12.6. The predicted octanol–water partition coefficient (Wildman–Crippen LogP) is 3.96. The molecule has 2 aromatic heterocycles. The van der Waals surface area contributed by atoms with Gasteiger partial charge in [0.15, 0.2) is 12.4 Å². The standard InChI is InChI=1S/C24H24F2N4O4/c1-15-6-8-20(27-10-15)30-17(12-31)13-33-22-18(4-3-5-19(22)30)23(32)29-16-7-9-21(28-11-16)34-14-24(2,25)26/h3-11,17,31H,12-14H2,1-2H3,(H,29,32)/t17-/m0/s1. The van der Waals surface area contributed by atoms with Crippen LogP contribution in [0.5, 0.6) is 11.6 Å². The first-order chi connectivity index (χ1) is 16.2. The first-order valence-electron chi connectivity index (χ1n) is 10.6. The van der Waals surface area contributed by atoms with E-state index in [2.05, 4.69) is 15.3 Å². The van der Waals surface area contributed by atoms with Crippen molar-refractivity contribution in [3.8, 4) is 11.6 Å². The number of nitrogens with zero attached hydrogens (tertiary/aromatic N) is 3. The largest absolute Gasteiger partial charge is 0.488 e. The van der Waals surface area contributed by atoms with Crippen LogP contribution in [0.15, 0.2) is 54.9 Å². The highest BCUT2D eigenvalue weighted by molar-refractivity contribution is 6.07. The molecule has 0 aliphatic carbocycles. The van der Waals surface area contributed by atoms with Crippen molar-refractivity contribution in [3.05, 3.63) is 66.0 Å². The third kappa shape index (κ3) is 5.23. The number of hydrogen-bond donors (Lipinski definition) is 2. The number of pyridine rings is 2. The van der Waals surface area contributed by atoms with Gasteiger partial charge in [0.2, 0.25) is 5.88 Å². The number of aromatic nitrogens is 2. The molecule has 1 aliphatic heterocycles. The third-order valence-corrected chi connectivity index (χ3v) is 5.10. The van der Waals surface area contributed by atoms with E-state index in [1.165, 1.54) is 18.3 Å². The summed E-state index contributed by atoms with van der Waals surface area (Å²) < 4.78 is 36.7. The van der Waals surface area contributed by atoms with Crippen LogP contribution in [-0.2, 0) is 0 Å². The number of carbonyl (C=O) groups excluding carboxylic acids is 1. The maximum atomic E-state index is 13.0. The second-order valence-corrected chi connectivity index (χ2v) is 8.06. The number of alkyl halides is 2. The zero-order chi connectivity index (χ0) is 24.3. The number of benzene rings is 1. The van der Waals surface area contributed by atoms with Crippen LogP contribution in [0.4, 0.5) is 26.0 Å². The van der Waals surface area contributed by atoms with Gasteiger partial charge >= 0.3 is 0 Å². The Balaban J connectivity index is 1.56. The molecule has 8 nitrogen and oxygen atoms in total. The van der Waals surface area contributed by atoms with Gasteiger partial charge in [0.05, 0.1) is 35.8 Å². The molecule has 34 heavy (non-hydrogen) atoms. The summed E-state index contributed by atoms with van der Waals surface area (Å²) in [7, 11) is 0. The zero-order valence-electron chi connectivity index (χ0n) is 18.7. The maximum absolute atomic E-state index is 13.0. The molecule has 1 aliphatic rings. The molecule has 4 rings (SSSR count). The van der Waals surface area contributed by atoms with Crippen molar-refractivity contribution < 1.29 is 28.2 Å². The predicted molar refractivity (Wildman–Crippen MR) is 122 cm³/mol. The molecule has 1 atom stereocenters. The molecule has 1 aromatic carbocycles. The highest BCUT2D eigenvalue weighted by Gasteiger charge is 2.32. The smallest absolute Gasteiger partial charge is 0.278 e. The van der Waals surface area contributed by atoms with E-state index in [0.717, 1.165) is 12.5 Å². The number of anilines is 3. The van der Waals surface area contributed by atoms with Gasteiger partial charge < -0.3 is 24.8 Å². The average molecular weight is 470 g/mol. The van der Waals surface area contributed by atoms with Crippen molar-refractivity contribution in [1.29, 1.82) is 0 Å². The van der Waals surface area contributed by atoms with E-state index in [1.807, 2.05) is 24.0 Å². The number of aliphatic hydroxyl groups is 1. The Morgan fingerprint density at radius 2 is 2.06 bits per heavy atom. The van der Waals surface area contributed by atoms with E-state index in [-0.39, 0.29) is 30.7 Å². The van der Waals surface area contributed by atoms with Crippen molar-refractivity contribution in [2.45, 2.75) is 25.8 Å². The van der Waals surface area contributed by atoms with Crippen molar-refractivity contribution >= 4 is 23.1 Å². The molecule has 0 radical (unpaired) electrons. The Morgan fingerprint density at radius 3 is 2.71 bits per heavy atom. The van der Waals surface area contributed by atoms with Crippen molar-refractivity contribution in [1.82, 2.24) is 9.97 Å². The van der Waals surface area contributed by atoms with Gasteiger partial charge in [-0.2, -0.15) is 0 Å². The zero-order valence-corrected chi connectivity index (χ0v) is 18.7. The Labute approximate surface area is 195 Å². The molecule has 0 saturated heterocycles. The number of carbonyl (C=O) groups is 1. The monoisotopic (exact) mass is 470 g/mol. The summed E-state index contributed by atoms with van der Waals surface area (Å²) >= 11 is 0. The number of para-hydroxylation sites is 1. The van der Waals surface area contributed by atoms with Crippen molar-refractivity contribution in [3.63, 3.8) is 0 Å². The first kappa shape index (κ1) is 23.4. The van der Waals surface area contributed by atoms with Crippen LogP contribution in [0, 0.1) is 6.92 Å². The first-order valence-corrected chi connectivity index (χ1v) is 10.6. The van der Waals surface area contributed by atoms with Gasteiger partial charge in [0, 0.05) is 19.2 Å². The number of hydrogen-bond acceptors (Lipinski definition) is 7. The minimum atomic E-state index is -2.97. The highest BCUT2D eigenvalue weighted by atomic mass is 19.3. The van der Waals surface area contributed by atoms with E-state index < -0.39 is 18.4 Å². The Bertz CT molecular complexity index is 1150. The molecule has 0 unspecified atom stereocenters. The summed E-state index contributed by atoms with van der Waals surface area (Å²) in [6.07, 6.45) is 3.05. The molecule has 10 heteroatoms. The number of halogens is 2. The van der Waals surface area contributed by atoms with Gasteiger partial charge in [-0.1, -0.05) is 12.1 Å².